The number of hydrogen-bond acceptors (Lipinski definition) is 9. The number of hydrogen-bond donors (Lipinski definition) is 1. The SMILES string of the molecule is [2H]C([2H])(N1CCOCC1(C)C)C(C)(C)O[C@@]1(C)CC[C@@]2(C(=O)N(S(=O)(=O)c3c(OC)cc(C(=O)NC(C)(CC)CC)c(C)c3C)c3cc(C)c(OCC(C)C)c(C)c32)C(C)C1C. The van der Waals surface area contributed by atoms with Gasteiger partial charge in [-0.2, -0.15) is 0 Å². The molecule has 2 unspecified atom stereocenters. The minimum atomic E-state index is -4.68. The van der Waals surface area contributed by atoms with E-state index in [0.29, 0.717) is 84.8 Å². The Kier molecular flexibility index (Phi) is 12.6. The molecule has 0 bridgehead atoms. The number of morpholine rings is 1. The molecule has 2 amide bonds. The van der Waals surface area contributed by atoms with Gasteiger partial charge in [0, 0.05) is 32.4 Å². The second-order valence-corrected chi connectivity index (χ2v) is 21.6. The van der Waals surface area contributed by atoms with E-state index < -0.39 is 56.0 Å². The van der Waals surface area contributed by atoms with E-state index in [9.17, 15) is 7.54 Å². The topological polar surface area (TPSA) is 124 Å². The number of anilines is 1. The summed E-state index contributed by atoms with van der Waals surface area (Å²) in [6, 6.07) is 3.23. The van der Waals surface area contributed by atoms with Crippen LogP contribution in [0, 0.1) is 45.4 Å². The number of carbonyl (C=O) groups is 2. The van der Waals surface area contributed by atoms with Gasteiger partial charge in [-0.25, -0.2) is 12.7 Å². The number of nitrogens with one attached hydrogen (secondary N) is 1. The summed E-state index contributed by atoms with van der Waals surface area (Å²) in [4.78, 5) is 31.2. The van der Waals surface area contributed by atoms with E-state index in [2.05, 4.69) is 19.2 Å². The van der Waals surface area contributed by atoms with Crippen molar-refractivity contribution < 1.29 is 39.7 Å². The molecule has 3 aliphatic rings. The minimum absolute atomic E-state index is 0.0282. The molecule has 60 heavy (non-hydrogen) atoms. The van der Waals surface area contributed by atoms with Gasteiger partial charge in [-0.3, -0.25) is 14.5 Å². The van der Waals surface area contributed by atoms with Gasteiger partial charge in [-0.05, 0) is 153 Å². The molecule has 2 aromatic rings. The molecule has 1 saturated heterocycles. The van der Waals surface area contributed by atoms with E-state index in [1.54, 1.807) is 33.8 Å². The fourth-order valence-corrected chi connectivity index (χ4v) is 11.8. The molecule has 1 spiro atoms. The number of nitrogens with zero attached hydrogens (tertiary/aromatic N) is 2. The molecule has 0 aromatic heterocycles. The molecule has 5 rings (SSSR count). The van der Waals surface area contributed by atoms with Crippen molar-refractivity contribution in [2.75, 3.05) is 44.3 Å². The van der Waals surface area contributed by atoms with Crippen LogP contribution in [0.15, 0.2) is 17.0 Å². The van der Waals surface area contributed by atoms with E-state index in [1.807, 2.05) is 74.1 Å². The van der Waals surface area contributed by atoms with Crippen molar-refractivity contribution >= 4 is 27.5 Å². The molecule has 336 valence electrons. The highest BCUT2D eigenvalue weighted by atomic mass is 32.2. The largest absolute Gasteiger partial charge is 0.495 e. The van der Waals surface area contributed by atoms with Crippen molar-refractivity contribution in [1.82, 2.24) is 10.2 Å². The zero-order valence-corrected chi connectivity index (χ0v) is 40.4. The van der Waals surface area contributed by atoms with Crippen LogP contribution in [0.25, 0.3) is 0 Å². The number of fused-ring (bicyclic) bond motifs is 2. The lowest BCUT2D eigenvalue weighted by molar-refractivity contribution is -0.203. The molecule has 2 fully saturated rings. The summed E-state index contributed by atoms with van der Waals surface area (Å²) in [6.45, 7) is 30.6. The molecule has 2 aliphatic heterocycles. The van der Waals surface area contributed by atoms with Gasteiger partial charge in [0.15, 0.2) is 0 Å². The summed E-state index contributed by atoms with van der Waals surface area (Å²) in [6.07, 6.45) is 2.00. The van der Waals surface area contributed by atoms with Gasteiger partial charge in [0.05, 0.1) is 49.2 Å². The van der Waals surface area contributed by atoms with Gasteiger partial charge in [0.25, 0.3) is 21.8 Å². The van der Waals surface area contributed by atoms with Crippen LogP contribution in [0.4, 0.5) is 5.69 Å². The Labute approximate surface area is 364 Å². The van der Waals surface area contributed by atoms with Gasteiger partial charge in [-0.1, -0.05) is 41.5 Å². The average molecular weight is 856 g/mol. The maximum Gasteiger partial charge on any atom is 0.274 e. The zero-order valence-electron chi connectivity index (χ0n) is 41.6. The number of carbonyl (C=O) groups excluding carboxylic acids is 2. The van der Waals surface area contributed by atoms with E-state index in [4.69, 9.17) is 18.9 Å². The Bertz CT molecular complexity index is 2190. The van der Waals surface area contributed by atoms with Crippen LogP contribution in [0.1, 0.15) is 150 Å². The molecule has 0 radical (unpaired) electrons. The third kappa shape index (κ3) is 8.24. The van der Waals surface area contributed by atoms with E-state index in [0.717, 1.165) is 4.31 Å². The molecule has 1 N–H and O–H groups in total. The average Bonchev–Trinajstić information content (AvgIpc) is 3.43. The van der Waals surface area contributed by atoms with Crippen molar-refractivity contribution in [2.45, 2.75) is 169 Å². The Balaban J connectivity index is 1.67. The fraction of sp³-hybridized carbons (Fsp3) is 0.708. The van der Waals surface area contributed by atoms with Crippen LogP contribution in [0.3, 0.4) is 0 Å². The van der Waals surface area contributed by atoms with Crippen molar-refractivity contribution in [1.29, 1.82) is 0 Å². The normalized spacial score (nSPS) is 25.6. The first kappa shape index (κ1) is 44.9. The molecule has 11 nitrogen and oxygen atoms in total. The van der Waals surface area contributed by atoms with E-state index in [-0.39, 0.29) is 40.5 Å². The first-order chi connectivity index (χ1) is 28.5. The quantitative estimate of drug-likeness (QED) is 0.198. The van der Waals surface area contributed by atoms with Gasteiger partial charge in [-0.15, -0.1) is 0 Å². The van der Waals surface area contributed by atoms with Crippen LogP contribution < -0.4 is 19.1 Å². The van der Waals surface area contributed by atoms with Gasteiger partial charge < -0.3 is 24.3 Å². The van der Waals surface area contributed by atoms with Crippen molar-refractivity contribution in [3.63, 3.8) is 0 Å². The number of sulfonamides is 1. The summed E-state index contributed by atoms with van der Waals surface area (Å²) in [5, 5.41) is 3.13. The summed E-state index contributed by atoms with van der Waals surface area (Å²) in [7, 11) is -3.31. The summed E-state index contributed by atoms with van der Waals surface area (Å²) in [5.41, 5.74) is -1.15. The summed E-state index contributed by atoms with van der Waals surface area (Å²) >= 11 is 0. The maximum atomic E-state index is 15.8. The van der Waals surface area contributed by atoms with Crippen LogP contribution in [-0.2, 0) is 29.7 Å². The Morgan fingerprint density at radius 1 is 1.02 bits per heavy atom. The highest BCUT2D eigenvalue weighted by Gasteiger charge is 2.64. The second-order valence-electron chi connectivity index (χ2n) is 19.9. The Morgan fingerprint density at radius 3 is 2.22 bits per heavy atom. The third-order valence-electron chi connectivity index (χ3n) is 14.3. The molecule has 2 aromatic carbocycles. The lowest BCUT2D eigenvalue weighted by Gasteiger charge is -2.54. The van der Waals surface area contributed by atoms with Crippen LogP contribution >= 0.6 is 0 Å². The molecule has 1 aliphatic carbocycles. The maximum absolute atomic E-state index is 15.8. The first-order valence-corrected chi connectivity index (χ1v) is 23.3. The van der Waals surface area contributed by atoms with Crippen LogP contribution in [0.2, 0.25) is 0 Å². The van der Waals surface area contributed by atoms with E-state index >= 15 is 13.2 Å². The molecule has 4 atom stereocenters. The smallest absolute Gasteiger partial charge is 0.274 e. The van der Waals surface area contributed by atoms with Gasteiger partial charge >= 0.3 is 0 Å². The van der Waals surface area contributed by atoms with E-state index in [1.165, 1.54) is 13.2 Å². The molecule has 1 saturated carbocycles. The fourth-order valence-electron chi connectivity index (χ4n) is 9.86. The highest BCUT2D eigenvalue weighted by molar-refractivity contribution is 7.93. The lowest BCUT2D eigenvalue weighted by Crippen LogP contribution is -2.61. The minimum Gasteiger partial charge on any atom is -0.495 e. The number of methoxy groups -OCH3 is 1. The molecular weight excluding hydrogens is 779 g/mol. The molecular formula is C48H75N3O8S. The Hall–Kier alpha value is -3.19. The Morgan fingerprint density at radius 2 is 1.65 bits per heavy atom. The highest BCUT2D eigenvalue weighted by Crippen LogP contribution is 2.61. The van der Waals surface area contributed by atoms with Gasteiger partial charge in [0.2, 0.25) is 0 Å². The zero-order chi connectivity index (χ0) is 46.9. The number of amides is 2. The van der Waals surface area contributed by atoms with Crippen LogP contribution in [0.5, 0.6) is 11.5 Å². The molecule has 12 heteroatoms. The standard InChI is InChI=1S/C48H75N3O8S/c1-18-46(15,19-2)49-42(52)36-25-38(56-17)41(32(7)31(36)6)60(54,55)51-37-24-30(5)40(58-26-29(3)4)33(8)39(37)48(43(51)53)21-20-47(16,34(9)35(48)10)59-45(13,14)27-50-22-23-57-28-44(50,11)12/h24-25,29,34-35H,18-23,26-28H2,1-17H3,(H,49,52)/t34?,35?,47-,48+/m0/s1/i27D2. The number of ether oxygens (including phenoxy) is 4. The van der Waals surface area contributed by atoms with Gasteiger partial charge in [0.1, 0.15) is 16.4 Å². The predicted octanol–water partition coefficient (Wildman–Crippen LogP) is 8.98. The van der Waals surface area contributed by atoms with Crippen molar-refractivity contribution in [3.05, 3.63) is 45.5 Å². The van der Waals surface area contributed by atoms with Crippen LogP contribution in [-0.4, -0.2) is 87.4 Å². The second kappa shape index (κ2) is 16.8. The summed E-state index contributed by atoms with van der Waals surface area (Å²) < 4.78 is 76.1. The summed E-state index contributed by atoms with van der Waals surface area (Å²) in [5.74, 6) is -0.907. The lowest BCUT2D eigenvalue weighted by atomic mass is 9.55. The number of aryl methyl sites for hydroxylation is 1. The van der Waals surface area contributed by atoms with Crippen molar-refractivity contribution in [2.24, 2.45) is 17.8 Å². The first-order valence-electron chi connectivity index (χ1n) is 22.9. The molecule has 2 heterocycles. The number of benzene rings is 2. The third-order valence-corrected chi connectivity index (χ3v) is 16.1. The predicted molar refractivity (Wildman–Crippen MR) is 239 cm³/mol. The number of rotatable bonds is 14. The van der Waals surface area contributed by atoms with Crippen molar-refractivity contribution in [3.8, 4) is 11.5 Å². The monoisotopic (exact) mass is 856 g/mol.